The zero-order valence-electron chi connectivity index (χ0n) is 13.4. The molecule has 1 atom stereocenters. The molecule has 1 saturated heterocycles. The Morgan fingerprint density at radius 3 is 2.72 bits per heavy atom. The Morgan fingerprint density at radius 1 is 1.12 bits per heavy atom. The molecule has 2 aromatic rings. The number of fused-ring (bicyclic) bond motifs is 1. The Hall–Kier alpha value is -2.54. The highest BCUT2D eigenvalue weighted by atomic mass is 32.1. The standard InChI is InChI=1S/C18H17NO5S/c20-17(19-7-1-2-12(19)18(21)22)16-6-5-15(25-16)11-3-4-13-14(10-11)24-9-8-23-13/h3-6,10,12H,1-2,7-9H2,(H,21,22)/t12-/m1/s1. The van der Waals surface area contributed by atoms with E-state index in [1.807, 2.05) is 24.3 Å². The van der Waals surface area contributed by atoms with Gasteiger partial charge in [-0.05, 0) is 48.7 Å². The van der Waals surface area contributed by atoms with Crippen LogP contribution in [0.15, 0.2) is 30.3 Å². The molecule has 0 spiro atoms. The fourth-order valence-corrected chi connectivity index (χ4v) is 4.17. The van der Waals surface area contributed by atoms with Crippen LogP contribution in [0.25, 0.3) is 10.4 Å². The number of thiophene rings is 1. The van der Waals surface area contributed by atoms with Gasteiger partial charge in [-0.15, -0.1) is 11.3 Å². The fraction of sp³-hybridized carbons (Fsp3) is 0.333. The molecule has 1 N–H and O–H groups in total. The zero-order chi connectivity index (χ0) is 17.4. The van der Waals surface area contributed by atoms with E-state index >= 15 is 0 Å². The lowest BCUT2D eigenvalue weighted by Crippen LogP contribution is -2.40. The second-order valence-corrected chi connectivity index (χ2v) is 7.10. The smallest absolute Gasteiger partial charge is 0.326 e. The molecule has 3 heterocycles. The minimum Gasteiger partial charge on any atom is -0.486 e. The lowest BCUT2D eigenvalue weighted by molar-refractivity contribution is -0.141. The van der Waals surface area contributed by atoms with Crippen molar-refractivity contribution in [3.63, 3.8) is 0 Å². The van der Waals surface area contributed by atoms with Crippen LogP contribution in [0.1, 0.15) is 22.5 Å². The second-order valence-electron chi connectivity index (χ2n) is 6.02. The van der Waals surface area contributed by atoms with Gasteiger partial charge in [0.15, 0.2) is 11.5 Å². The molecule has 0 radical (unpaired) electrons. The topological polar surface area (TPSA) is 76.1 Å². The predicted octanol–water partition coefficient (Wildman–Crippen LogP) is 2.88. The van der Waals surface area contributed by atoms with Gasteiger partial charge in [-0.2, -0.15) is 0 Å². The molecular weight excluding hydrogens is 342 g/mol. The number of ether oxygens (including phenoxy) is 2. The third-order valence-corrected chi connectivity index (χ3v) is 5.56. The number of hydrogen-bond acceptors (Lipinski definition) is 5. The van der Waals surface area contributed by atoms with Crippen LogP contribution in [-0.4, -0.2) is 47.7 Å². The molecule has 1 fully saturated rings. The molecule has 1 amide bonds. The molecule has 0 saturated carbocycles. The summed E-state index contributed by atoms with van der Waals surface area (Å²) in [6.07, 6.45) is 1.24. The Labute approximate surface area is 148 Å². The summed E-state index contributed by atoms with van der Waals surface area (Å²) < 4.78 is 11.1. The van der Waals surface area contributed by atoms with Crippen molar-refractivity contribution in [2.24, 2.45) is 0 Å². The van der Waals surface area contributed by atoms with Gasteiger partial charge in [0, 0.05) is 11.4 Å². The number of nitrogens with zero attached hydrogens (tertiary/aromatic N) is 1. The maximum Gasteiger partial charge on any atom is 0.326 e. The van der Waals surface area contributed by atoms with Crippen LogP contribution in [-0.2, 0) is 4.79 Å². The van der Waals surface area contributed by atoms with Crippen molar-refractivity contribution in [1.82, 2.24) is 4.90 Å². The third-order valence-electron chi connectivity index (χ3n) is 4.44. The van der Waals surface area contributed by atoms with E-state index in [1.165, 1.54) is 16.2 Å². The quantitative estimate of drug-likeness (QED) is 0.912. The van der Waals surface area contributed by atoms with Crippen molar-refractivity contribution in [2.45, 2.75) is 18.9 Å². The molecule has 2 aliphatic rings. The van der Waals surface area contributed by atoms with Crippen molar-refractivity contribution in [3.8, 4) is 21.9 Å². The monoisotopic (exact) mass is 359 g/mol. The number of carboxylic acid groups (broad SMARTS) is 1. The number of benzene rings is 1. The van der Waals surface area contributed by atoms with Gasteiger partial charge in [0.2, 0.25) is 0 Å². The summed E-state index contributed by atoms with van der Waals surface area (Å²) >= 11 is 1.36. The highest BCUT2D eigenvalue weighted by Gasteiger charge is 2.34. The minimum absolute atomic E-state index is 0.210. The number of carbonyl (C=O) groups is 2. The normalized spacial score (nSPS) is 19.0. The Bertz CT molecular complexity index is 831. The first-order valence-electron chi connectivity index (χ1n) is 8.17. The maximum atomic E-state index is 12.7. The van der Waals surface area contributed by atoms with Crippen LogP contribution in [0.4, 0.5) is 0 Å². The van der Waals surface area contributed by atoms with Crippen molar-refractivity contribution >= 4 is 23.2 Å². The van der Waals surface area contributed by atoms with Gasteiger partial charge < -0.3 is 19.5 Å². The van der Waals surface area contributed by atoms with Crippen molar-refractivity contribution < 1.29 is 24.2 Å². The number of amides is 1. The van der Waals surface area contributed by atoms with Gasteiger partial charge in [0.1, 0.15) is 19.3 Å². The van der Waals surface area contributed by atoms with E-state index < -0.39 is 12.0 Å². The van der Waals surface area contributed by atoms with E-state index in [1.54, 1.807) is 6.07 Å². The first-order chi connectivity index (χ1) is 12.1. The summed E-state index contributed by atoms with van der Waals surface area (Å²) in [6.45, 7) is 1.56. The molecule has 7 heteroatoms. The fourth-order valence-electron chi connectivity index (χ4n) is 3.21. The van der Waals surface area contributed by atoms with E-state index in [2.05, 4.69) is 0 Å². The molecule has 0 bridgehead atoms. The molecule has 2 aliphatic heterocycles. The number of likely N-dealkylation sites (tertiary alicyclic amines) is 1. The summed E-state index contributed by atoms with van der Waals surface area (Å²) in [6, 6.07) is 8.64. The summed E-state index contributed by atoms with van der Waals surface area (Å²) in [7, 11) is 0. The Kier molecular flexibility index (Phi) is 4.09. The van der Waals surface area contributed by atoms with Crippen molar-refractivity contribution in [2.75, 3.05) is 19.8 Å². The molecule has 0 aliphatic carbocycles. The van der Waals surface area contributed by atoms with Crippen molar-refractivity contribution in [1.29, 1.82) is 0 Å². The van der Waals surface area contributed by atoms with E-state index in [4.69, 9.17) is 9.47 Å². The molecule has 1 aromatic carbocycles. The van der Waals surface area contributed by atoms with Gasteiger partial charge in [-0.1, -0.05) is 0 Å². The third kappa shape index (κ3) is 2.95. The summed E-state index contributed by atoms with van der Waals surface area (Å²) in [5, 5.41) is 9.26. The van der Waals surface area contributed by atoms with Crippen LogP contribution in [0, 0.1) is 0 Å². The largest absolute Gasteiger partial charge is 0.486 e. The highest BCUT2D eigenvalue weighted by molar-refractivity contribution is 7.17. The van der Waals surface area contributed by atoms with E-state index in [0.717, 1.165) is 22.6 Å². The molecule has 25 heavy (non-hydrogen) atoms. The van der Waals surface area contributed by atoms with E-state index in [9.17, 15) is 14.7 Å². The molecule has 1 aromatic heterocycles. The van der Waals surface area contributed by atoms with E-state index in [0.29, 0.717) is 36.8 Å². The summed E-state index contributed by atoms with van der Waals surface area (Å²) in [5.74, 6) is 0.285. The second kappa shape index (κ2) is 6.40. The van der Waals surface area contributed by atoms with Crippen LogP contribution in [0.5, 0.6) is 11.5 Å². The first-order valence-corrected chi connectivity index (χ1v) is 8.99. The molecular formula is C18H17NO5S. The predicted molar refractivity (Wildman–Crippen MR) is 92.4 cm³/mol. The van der Waals surface area contributed by atoms with Gasteiger partial charge in [0.05, 0.1) is 4.88 Å². The van der Waals surface area contributed by atoms with Gasteiger partial charge >= 0.3 is 5.97 Å². The SMILES string of the molecule is O=C(O)[C@H]1CCCN1C(=O)c1ccc(-c2ccc3c(c2)OCCO3)s1. The summed E-state index contributed by atoms with van der Waals surface area (Å²) in [5.41, 5.74) is 0.949. The van der Waals surface area contributed by atoms with Gasteiger partial charge in [-0.25, -0.2) is 4.79 Å². The van der Waals surface area contributed by atoms with Crippen molar-refractivity contribution in [3.05, 3.63) is 35.2 Å². The minimum atomic E-state index is -0.936. The molecule has 130 valence electrons. The van der Waals surface area contributed by atoms with E-state index in [-0.39, 0.29) is 5.91 Å². The summed E-state index contributed by atoms with van der Waals surface area (Å²) in [4.78, 5) is 26.9. The average molecular weight is 359 g/mol. The highest BCUT2D eigenvalue weighted by Crippen LogP contribution is 2.37. The van der Waals surface area contributed by atoms with Crippen LogP contribution in [0.2, 0.25) is 0 Å². The van der Waals surface area contributed by atoms with Crippen LogP contribution >= 0.6 is 11.3 Å². The number of aliphatic carboxylic acids is 1. The van der Waals surface area contributed by atoms with Gasteiger partial charge in [0.25, 0.3) is 5.91 Å². The first kappa shape index (κ1) is 16.0. The lowest BCUT2D eigenvalue weighted by Gasteiger charge is -2.20. The molecule has 6 nitrogen and oxygen atoms in total. The molecule has 4 rings (SSSR count). The Morgan fingerprint density at radius 2 is 1.92 bits per heavy atom. The van der Waals surface area contributed by atoms with Gasteiger partial charge in [-0.3, -0.25) is 4.79 Å². The number of hydrogen-bond donors (Lipinski definition) is 1. The number of carboxylic acids is 1. The molecule has 0 unspecified atom stereocenters. The van der Waals surface area contributed by atoms with Crippen LogP contribution < -0.4 is 9.47 Å². The van der Waals surface area contributed by atoms with Crippen LogP contribution in [0.3, 0.4) is 0 Å². The Balaban J connectivity index is 1.58. The lowest BCUT2D eigenvalue weighted by atomic mass is 10.1. The number of rotatable bonds is 3. The average Bonchev–Trinajstić information content (AvgIpc) is 3.30. The number of carbonyl (C=O) groups excluding carboxylic acids is 1. The maximum absolute atomic E-state index is 12.7. The zero-order valence-corrected chi connectivity index (χ0v) is 14.3.